The summed E-state index contributed by atoms with van der Waals surface area (Å²) in [6.45, 7) is 1.94. The van der Waals surface area contributed by atoms with Gasteiger partial charge in [-0.1, -0.05) is 0 Å². The first-order valence-corrected chi connectivity index (χ1v) is 6.53. The molecule has 1 unspecified atom stereocenters. The average Bonchev–Trinajstić information content (AvgIpc) is 2.47. The van der Waals surface area contributed by atoms with E-state index < -0.39 is 5.82 Å². The van der Waals surface area contributed by atoms with Crippen LogP contribution in [0, 0.1) is 5.82 Å². The van der Waals surface area contributed by atoms with E-state index in [0.29, 0.717) is 25.3 Å². The van der Waals surface area contributed by atoms with Crippen molar-refractivity contribution in [2.45, 2.75) is 12.5 Å². The topological polar surface area (TPSA) is 50.8 Å². The number of rotatable bonds is 4. The quantitative estimate of drug-likeness (QED) is 0.901. The van der Waals surface area contributed by atoms with Crippen LogP contribution in [0.4, 0.5) is 10.1 Å². The first kappa shape index (κ1) is 14.7. The van der Waals surface area contributed by atoms with Gasteiger partial charge >= 0.3 is 0 Å². The zero-order valence-corrected chi connectivity index (χ0v) is 11.7. The lowest BCUT2D eigenvalue weighted by Gasteiger charge is -2.25. The minimum Gasteiger partial charge on any atom is -0.494 e. The number of halogens is 1. The third kappa shape index (κ3) is 3.46. The predicted molar refractivity (Wildman–Crippen MR) is 73.6 cm³/mol. The highest BCUT2D eigenvalue weighted by Crippen LogP contribution is 2.23. The third-order valence-corrected chi connectivity index (χ3v) is 3.32. The van der Waals surface area contributed by atoms with Crippen LogP contribution in [0.1, 0.15) is 6.42 Å². The molecular formula is C14H19FN2O3. The number of hydrogen-bond acceptors (Lipinski definition) is 4. The molecule has 1 amide bonds. The predicted octanol–water partition coefficient (Wildman–Crippen LogP) is 1.18. The van der Waals surface area contributed by atoms with Gasteiger partial charge in [0.2, 0.25) is 5.91 Å². The van der Waals surface area contributed by atoms with Crippen molar-refractivity contribution in [2.75, 3.05) is 38.8 Å². The zero-order valence-electron chi connectivity index (χ0n) is 11.7. The number of carbonyl (C=O) groups is 1. The molecule has 1 fully saturated rings. The largest absolute Gasteiger partial charge is 0.494 e. The van der Waals surface area contributed by atoms with E-state index in [1.807, 2.05) is 0 Å². The number of morpholine rings is 1. The van der Waals surface area contributed by atoms with Crippen LogP contribution in [0.3, 0.4) is 0 Å². The van der Waals surface area contributed by atoms with Gasteiger partial charge in [-0.25, -0.2) is 4.39 Å². The third-order valence-electron chi connectivity index (χ3n) is 3.32. The molecule has 1 heterocycles. The van der Waals surface area contributed by atoms with Crippen molar-refractivity contribution in [3.8, 4) is 5.75 Å². The molecule has 1 aromatic rings. The maximum atomic E-state index is 13.6. The van der Waals surface area contributed by atoms with E-state index in [-0.39, 0.29) is 17.7 Å². The highest BCUT2D eigenvalue weighted by Gasteiger charge is 2.20. The van der Waals surface area contributed by atoms with Gasteiger partial charge in [0.25, 0.3) is 0 Å². The SMILES string of the molecule is COc1ccc(N(C)C(=O)CC2COCCN2)cc1F. The molecule has 1 saturated heterocycles. The molecule has 0 aliphatic carbocycles. The molecule has 0 bridgehead atoms. The summed E-state index contributed by atoms with van der Waals surface area (Å²) in [7, 11) is 3.04. The summed E-state index contributed by atoms with van der Waals surface area (Å²) in [6, 6.07) is 4.48. The van der Waals surface area contributed by atoms with Gasteiger partial charge in [0, 0.05) is 37.8 Å². The Morgan fingerprint density at radius 1 is 1.60 bits per heavy atom. The first-order valence-electron chi connectivity index (χ1n) is 6.53. The number of hydrogen-bond donors (Lipinski definition) is 1. The Balaban J connectivity index is 2.00. The lowest BCUT2D eigenvalue weighted by molar-refractivity contribution is -0.119. The van der Waals surface area contributed by atoms with Gasteiger partial charge in [0.1, 0.15) is 0 Å². The number of anilines is 1. The molecular weight excluding hydrogens is 263 g/mol. The van der Waals surface area contributed by atoms with Crippen LogP contribution < -0.4 is 15.0 Å². The van der Waals surface area contributed by atoms with Crippen LogP contribution in [0.5, 0.6) is 5.75 Å². The van der Waals surface area contributed by atoms with Gasteiger partial charge in [-0.15, -0.1) is 0 Å². The molecule has 20 heavy (non-hydrogen) atoms. The Morgan fingerprint density at radius 2 is 2.40 bits per heavy atom. The molecule has 1 aromatic carbocycles. The van der Waals surface area contributed by atoms with Crippen molar-refractivity contribution >= 4 is 11.6 Å². The fraction of sp³-hybridized carbons (Fsp3) is 0.500. The molecule has 5 nitrogen and oxygen atoms in total. The van der Waals surface area contributed by atoms with Crippen molar-refractivity contribution in [2.24, 2.45) is 0 Å². The van der Waals surface area contributed by atoms with Gasteiger partial charge < -0.3 is 19.7 Å². The normalized spacial score (nSPS) is 18.6. The fourth-order valence-electron chi connectivity index (χ4n) is 2.11. The number of carbonyl (C=O) groups excluding carboxylic acids is 1. The molecule has 0 saturated carbocycles. The second-order valence-corrected chi connectivity index (χ2v) is 4.70. The van der Waals surface area contributed by atoms with E-state index in [0.717, 1.165) is 6.54 Å². The molecule has 1 aliphatic heterocycles. The monoisotopic (exact) mass is 282 g/mol. The fourth-order valence-corrected chi connectivity index (χ4v) is 2.11. The number of methoxy groups -OCH3 is 1. The van der Waals surface area contributed by atoms with Crippen LogP contribution in [-0.4, -0.2) is 45.9 Å². The minimum absolute atomic E-state index is 0.0156. The van der Waals surface area contributed by atoms with Crippen LogP contribution in [0.2, 0.25) is 0 Å². The Bertz CT molecular complexity index is 475. The van der Waals surface area contributed by atoms with Crippen LogP contribution in [0.25, 0.3) is 0 Å². The molecule has 0 radical (unpaired) electrons. The maximum Gasteiger partial charge on any atom is 0.228 e. The molecule has 6 heteroatoms. The number of nitrogens with one attached hydrogen (secondary N) is 1. The van der Waals surface area contributed by atoms with Crippen LogP contribution in [-0.2, 0) is 9.53 Å². The van der Waals surface area contributed by atoms with E-state index in [1.54, 1.807) is 13.1 Å². The highest BCUT2D eigenvalue weighted by molar-refractivity contribution is 5.93. The van der Waals surface area contributed by atoms with Crippen LogP contribution >= 0.6 is 0 Å². The highest BCUT2D eigenvalue weighted by atomic mass is 19.1. The molecule has 0 aromatic heterocycles. The molecule has 0 spiro atoms. The molecule has 1 N–H and O–H groups in total. The van der Waals surface area contributed by atoms with Crippen molar-refractivity contribution in [3.05, 3.63) is 24.0 Å². The Hall–Kier alpha value is -1.66. The maximum absolute atomic E-state index is 13.6. The van der Waals surface area contributed by atoms with E-state index in [2.05, 4.69) is 5.32 Å². The number of benzene rings is 1. The summed E-state index contributed by atoms with van der Waals surface area (Å²) < 4.78 is 23.8. The van der Waals surface area contributed by atoms with Crippen molar-refractivity contribution in [1.82, 2.24) is 5.32 Å². The summed E-state index contributed by atoms with van der Waals surface area (Å²) in [5, 5.41) is 3.22. The van der Waals surface area contributed by atoms with Gasteiger partial charge in [-0.05, 0) is 12.1 Å². The summed E-state index contributed by atoms with van der Waals surface area (Å²) in [5.74, 6) is -0.404. The average molecular weight is 282 g/mol. The summed E-state index contributed by atoms with van der Waals surface area (Å²) >= 11 is 0. The summed E-state index contributed by atoms with van der Waals surface area (Å²) in [5.41, 5.74) is 0.505. The van der Waals surface area contributed by atoms with Crippen molar-refractivity contribution < 1.29 is 18.7 Å². The molecule has 2 rings (SSSR count). The molecule has 110 valence electrons. The Labute approximate surface area is 117 Å². The lowest BCUT2D eigenvalue weighted by atomic mass is 10.1. The smallest absolute Gasteiger partial charge is 0.228 e. The number of nitrogens with zero attached hydrogens (tertiary/aromatic N) is 1. The molecule has 1 atom stereocenters. The minimum atomic E-state index is -0.483. The number of amides is 1. The Kier molecular flexibility index (Phi) is 4.92. The lowest BCUT2D eigenvalue weighted by Crippen LogP contribution is -2.44. The van der Waals surface area contributed by atoms with Gasteiger partial charge in [-0.2, -0.15) is 0 Å². The summed E-state index contributed by atoms with van der Waals surface area (Å²) in [4.78, 5) is 13.6. The van der Waals surface area contributed by atoms with Gasteiger partial charge in [-0.3, -0.25) is 4.79 Å². The van der Waals surface area contributed by atoms with E-state index in [1.165, 1.54) is 24.1 Å². The van der Waals surface area contributed by atoms with Crippen molar-refractivity contribution in [3.63, 3.8) is 0 Å². The first-order chi connectivity index (χ1) is 9.61. The standard InChI is InChI=1S/C14H19FN2O3/c1-17(11-3-4-13(19-2)12(15)8-11)14(18)7-10-9-20-6-5-16-10/h3-4,8,10,16H,5-7,9H2,1-2H3. The molecule has 1 aliphatic rings. The van der Waals surface area contributed by atoms with E-state index in [9.17, 15) is 9.18 Å². The van der Waals surface area contributed by atoms with E-state index >= 15 is 0 Å². The van der Waals surface area contributed by atoms with Crippen molar-refractivity contribution in [1.29, 1.82) is 0 Å². The zero-order chi connectivity index (χ0) is 14.5. The second-order valence-electron chi connectivity index (χ2n) is 4.70. The second kappa shape index (κ2) is 6.67. The summed E-state index contributed by atoms with van der Waals surface area (Å²) in [6.07, 6.45) is 0.324. The van der Waals surface area contributed by atoms with E-state index in [4.69, 9.17) is 9.47 Å². The number of ether oxygens (including phenoxy) is 2. The van der Waals surface area contributed by atoms with Gasteiger partial charge in [0.15, 0.2) is 11.6 Å². The van der Waals surface area contributed by atoms with Crippen LogP contribution in [0.15, 0.2) is 18.2 Å². The van der Waals surface area contributed by atoms with Gasteiger partial charge in [0.05, 0.1) is 20.3 Å². The Morgan fingerprint density at radius 3 is 3.00 bits per heavy atom.